The van der Waals surface area contributed by atoms with E-state index in [1.807, 2.05) is 6.92 Å². The van der Waals surface area contributed by atoms with Gasteiger partial charge < -0.3 is 5.73 Å². The Labute approximate surface area is 93.2 Å². The molecule has 82 valence electrons. The van der Waals surface area contributed by atoms with Crippen LogP contribution in [-0.2, 0) is 0 Å². The molecule has 0 saturated carbocycles. The number of halogens is 2. The fraction of sp³-hybridized carbons (Fsp3) is 0.364. The third kappa shape index (κ3) is 3.29. The molecule has 1 aromatic carbocycles. The molecule has 4 heteroatoms. The lowest BCUT2D eigenvalue weighted by atomic mass is 10.0. The molecule has 0 aromatic heterocycles. The lowest BCUT2D eigenvalue weighted by Crippen LogP contribution is -2.23. The molecular weight excluding hydrogens is 217 g/mol. The van der Waals surface area contributed by atoms with Crippen molar-refractivity contribution in [3.63, 3.8) is 0 Å². The molecule has 1 unspecified atom stereocenters. The molecule has 0 aliphatic carbocycles. The Bertz CT molecular complexity index is 368. The summed E-state index contributed by atoms with van der Waals surface area (Å²) >= 11 is 5.58. The molecule has 0 aliphatic heterocycles. The number of carbonyl (C=O) groups is 1. The summed E-state index contributed by atoms with van der Waals surface area (Å²) in [5.74, 6) is -0.866. The van der Waals surface area contributed by atoms with Crippen LogP contribution in [0.3, 0.4) is 0 Å². The smallest absolute Gasteiger partial charge is 0.167 e. The molecule has 0 fully saturated rings. The number of carbonyl (C=O) groups excluding carboxylic acids is 1. The maximum atomic E-state index is 13.3. The van der Waals surface area contributed by atoms with Crippen molar-refractivity contribution in [1.29, 1.82) is 0 Å². The molecule has 0 spiro atoms. The maximum absolute atomic E-state index is 13.3. The van der Waals surface area contributed by atoms with Gasteiger partial charge in [0.25, 0.3) is 0 Å². The first-order chi connectivity index (χ1) is 7.04. The van der Waals surface area contributed by atoms with E-state index in [4.69, 9.17) is 17.3 Å². The van der Waals surface area contributed by atoms with E-state index in [0.717, 1.165) is 6.07 Å². The fourth-order valence-electron chi connectivity index (χ4n) is 1.21. The van der Waals surface area contributed by atoms with Crippen LogP contribution in [0.25, 0.3) is 0 Å². The van der Waals surface area contributed by atoms with E-state index in [0.29, 0.717) is 6.42 Å². The summed E-state index contributed by atoms with van der Waals surface area (Å²) in [5.41, 5.74) is 5.68. The molecule has 1 atom stereocenters. The van der Waals surface area contributed by atoms with Gasteiger partial charge in [-0.15, -0.1) is 0 Å². The van der Waals surface area contributed by atoms with E-state index < -0.39 is 5.82 Å². The molecule has 0 amide bonds. The molecule has 2 nitrogen and oxygen atoms in total. The van der Waals surface area contributed by atoms with Crippen molar-refractivity contribution in [2.45, 2.75) is 25.8 Å². The molecule has 1 rings (SSSR count). The van der Waals surface area contributed by atoms with Crippen molar-refractivity contribution >= 4 is 17.4 Å². The second kappa shape index (κ2) is 5.24. The maximum Gasteiger partial charge on any atom is 0.167 e. The Kier molecular flexibility index (Phi) is 4.24. The third-order valence-corrected chi connectivity index (χ3v) is 2.44. The van der Waals surface area contributed by atoms with Crippen LogP contribution in [0.2, 0.25) is 5.02 Å². The van der Waals surface area contributed by atoms with Crippen LogP contribution in [0.4, 0.5) is 4.39 Å². The van der Waals surface area contributed by atoms with E-state index in [2.05, 4.69) is 0 Å². The highest BCUT2D eigenvalue weighted by atomic mass is 35.5. The second-order valence-electron chi connectivity index (χ2n) is 3.42. The van der Waals surface area contributed by atoms with E-state index in [9.17, 15) is 9.18 Å². The van der Waals surface area contributed by atoms with Crippen molar-refractivity contribution < 1.29 is 9.18 Å². The first-order valence-corrected chi connectivity index (χ1v) is 5.16. The number of hydrogen-bond acceptors (Lipinski definition) is 2. The number of hydrogen-bond donors (Lipinski definition) is 1. The molecule has 0 aliphatic rings. The van der Waals surface area contributed by atoms with Crippen molar-refractivity contribution in [2.75, 3.05) is 0 Å². The highest BCUT2D eigenvalue weighted by Gasteiger charge is 2.14. The van der Waals surface area contributed by atoms with Gasteiger partial charge in [-0.3, -0.25) is 4.79 Å². The van der Waals surface area contributed by atoms with Gasteiger partial charge in [-0.1, -0.05) is 18.5 Å². The SMILES string of the molecule is CCC(N)CC(=O)c1ccc(Cl)cc1F. The topological polar surface area (TPSA) is 43.1 Å². The Balaban J connectivity index is 2.82. The summed E-state index contributed by atoms with van der Waals surface area (Å²) in [7, 11) is 0. The molecule has 0 bridgehead atoms. The number of ketones is 1. The van der Waals surface area contributed by atoms with Gasteiger partial charge in [0.2, 0.25) is 0 Å². The monoisotopic (exact) mass is 229 g/mol. The van der Waals surface area contributed by atoms with Crippen LogP contribution in [0, 0.1) is 5.82 Å². The highest BCUT2D eigenvalue weighted by Crippen LogP contribution is 2.16. The third-order valence-electron chi connectivity index (χ3n) is 2.20. The summed E-state index contributed by atoms with van der Waals surface area (Å²) in [6.45, 7) is 1.89. The zero-order chi connectivity index (χ0) is 11.4. The Hall–Kier alpha value is -0.930. The number of nitrogens with two attached hydrogens (primary N) is 1. The van der Waals surface area contributed by atoms with Crippen LogP contribution in [0.1, 0.15) is 30.1 Å². The number of rotatable bonds is 4. The van der Waals surface area contributed by atoms with Crippen LogP contribution in [0.15, 0.2) is 18.2 Å². The molecule has 0 heterocycles. The number of benzene rings is 1. The van der Waals surface area contributed by atoms with Crippen LogP contribution in [0.5, 0.6) is 0 Å². The molecule has 2 N–H and O–H groups in total. The van der Waals surface area contributed by atoms with Gasteiger partial charge in [0.1, 0.15) is 5.82 Å². The zero-order valence-corrected chi connectivity index (χ0v) is 9.22. The predicted octanol–water partition coefficient (Wildman–Crippen LogP) is 2.79. The Morgan fingerprint density at radius 1 is 1.60 bits per heavy atom. The zero-order valence-electron chi connectivity index (χ0n) is 8.47. The van der Waals surface area contributed by atoms with Crippen LogP contribution < -0.4 is 5.73 Å². The quantitative estimate of drug-likeness (QED) is 0.807. The average Bonchev–Trinajstić information content (AvgIpc) is 2.17. The summed E-state index contributed by atoms with van der Waals surface area (Å²) in [4.78, 5) is 11.6. The van der Waals surface area contributed by atoms with Gasteiger partial charge in [0.05, 0.1) is 5.56 Å². The summed E-state index contributed by atoms with van der Waals surface area (Å²) in [6.07, 6.45) is 0.857. The second-order valence-corrected chi connectivity index (χ2v) is 3.86. The largest absolute Gasteiger partial charge is 0.327 e. The Morgan fingerprint density at radius 3 is 2.80 bits per heavy atom. The minimum absolute atomic E-state index is 0.0586. The van der Waals surface area contributed by atoms with Crippen molar-refractivity contribution in [3.05, 3.63) is 34.6 Å². The lowest BCUT2D eigenvalue weighted by Gasteiger charge is -2.08. The van der Waals surface area contributed by atoms with E-state index in [-0.39, 0.29) is 28.8 Å². The van der Waals surface area contributed by atoms with Gasteiger partial charge in [-0.25, -0.2) is 4.39 Å². The summed E-state index contributed by atoms with van der Waals surface area (Å²) in [5, 5.41) is 0.281. The lowest BCUT2D eigenvalue weighted by molar-refractivity contribution is 0.0970. The first kappa shape index (κ1) is 12.1. The van der Waals surface area contributed by atoms with E-state index >= 15 is 0 Å². The van der Waals surface area contributed by atoms with Gasteiger partial charge >= 0.3 is 0 Å². The van der Waals surface area contributed by atoms with Crippen molar-refractivity contribution in [2.24, 2.45) is 5.73 Å². The normalized spacial score (nSPS) is 12.5. The predicted molar refractivity (Wildman–Crippen MR) is 58.6 cm³/mol. The minimum Gasteiger partial charge on any atom is -0.327 e. The van der Waals surface area contributed by atoms with Gasteiger partial charge in [-0.2, -0.15) is 0 Å². The Morgan fingerprint density at radius 2 is 2.27 bits per heavy atom. The average molecular weight is 230 g/mol. The van der Waals surface area contributed by atoms with Gasteiger partial charge in [0.15, 0.2) is 5.78 Å². The van der Waals surface area contributed by atoms with Gasteiger partial charge in [-0.05, 0) is 24.6 Å². The fourth-order valence-corrected chi connectivity index (χ4v) is 1.37. The molecule has 0 radical (unpaired) electrons. The molecule has 15 heavy (non-hydrogen) atoms. The van der Waals surface area contributed by atoms with Crippen molar-refractivity contribution in [1.82, 2.24) is 0 Å². The number of Topliss-reactive ketones (excluding diaryl/α,β-unsaturated/α-hetero) is 1. The van der Waals surface area contributed by atoms with Gasteiger partial charge in [0, 0.05) is 17.5 Å². The summed E-state index contributed by atoms with van der Waals surface area (Å²) < 4.78 is 13.3. The first-order valence-electron chi connectivity index (χ1n) is 4.78. The van der Waals surface area contributed by atoms with E-state index in [1.165, 1.54) is 12.1 Å². The van der Waals surface area contributed by atoms with Crippen LogP contribution >= 0.6 is 11.6 Å². The van der Waals surface area contributed by atoms with E-state index in [1.54, 1.807) is 0 Å². The molecule has 1 aromatic rings. The minimum atomic E-state index is -0.587. The highest BCUT2D eigenvalue weighted by molar-refractivity contribution is 6.30. The molecule has 0 saturated heterocycles. The van der Waals surface area contributed by atoms with Crippen LogP contribution in [-0.4, -0.2) is 11.8 Å². The van der Waals surface area contributed by atoms with Crippen molar-refractivity contribution in [3.8, 4) is 0 Å². The standard InChI is InChI=1S/C11H13ClFNO/c1-2-8(14)6-11(15)9-4-3-7(12)5-10(9)13/h3-5,8H,2,6,14H2,1H3. The molecular formula is C11H13ClFNO. The summed E-state index contributed by atoms with van der Waals surface area (Å²) in [6, 6.07) is 3.80.